The van der Waals surface area contributed by atoms with E-state index in [1.54, 1.807) is 18.5 Å². The highest BCUT2D eigenvalue weighted by molar-refractivity contribution is 5.86. The molecule has 0 saturated heterocycles. The van der Waals surface area contributed by atoms with E-state index < -0.39 is 0 Å². The molecule has 0 radical (unpaired) electrons. The van der Waals surface area contributed by atoms with Gasteiger partial charge in [-0.15, -0.1) is 0 Å². The van der Waals surface area contributed by atoms with Crippen LogP contribution in [0, 0.1) is 0 Å². The van der Waals surface area contributed by atoms with Crippen LogP contribution in [0.15, 0.2) is 24.8 Å². The molecule has 0 aromatic carbocycles. The number of fused-ring (bicyclic) bond motifs is 1. The summed E-state index contributed by atoms with van der Waals surface area (Å²) in [7, 11) is 0. The average Bonchev–Trinajstić information content (AvgIpc) is 2.33. The standard InChI is InChI=1S/C7H6N4.C3H8.C2H6/c8-7-5-1-2-9-3-6(5)10-4-11-7;1-3-2;1-2/h1-4H,(H2,8,10,11);3H2,1-2H3;1-2H3. The number of aromatic nitrogens is 3. The third kappa shape index (κ3) is 4.21. The van der Waals surface area contributed by atoms with Gasteiger partial charge < -0.3 is 5.73 Å². The summed E-state index contributed by atoms with van der Waals surface area (Å²) in [6.45, 7) is 8.25. The quantitative estimate of drug-likeness (QED) is 0.741. The predicted octanol–water partition coefficient (Wildman–Crippen LogP) is 3.05. The normalized spacial score (nSPS) is 8.50. The molecule has 0 spiro atoms. The summed E-state index contributed by atoms with van der Waals surface area (Å²) in [5.74, 6) is 0.498. The summed E-state index contributed by atoms with van der Waals surface area (Å²) in [6.07, 6.45) is 6.01. The number of rotatable bonds is 0. The van der Waals surface area contributed by atoms with Crippen molar-refractivity contribution in [2.75, 3.05) is 5.73 Å². The molecule has 2 N–H and O–H groups in total. The van der Waals surface area contributed by atoms with Crippen molar-refractivity contribution in [3.05, 3.63) is 24.8 Å². The van der Waals surface area contributed by atoms with Crippen LogP contribution in [-0.4, -0.2) is 15.0 Å². The lowest BCUT2D eigenvalue weighted by atomic mass is 10.3. The first-order valence-electron chi connectivity index (χ1n) is 5.59. The molecule has 0 amide bonds. The molecular formula is C12H20N4. The van der Waals surface area contributed by atoms with Gasteiger partial charge in [-0.05, 0) is 6.07 Å². The Balaban J connectivity index is 0.000000394. The monoisotopic (exact) mass is 220 g/mol. The molecule has 0 aliphatic carbocycles. The van der Waals surface area contributed by atoms with Crippen LogP contribution in [0.2, 0.25) is 0 Å². The molecular weight excluding hydrogens is 200 g/mol. The van der Waals surface area contributed by atoms with Crippen molar-refractivity contribution in [1.29, 1.82) is 0 Å². The molecule has 0 aliphatic rings. The Kier molecular flexibility index (Phi) is 7.67. The Bertz CT molecular complexity index is 396. The van der Waals surface area contributed by atoms with E-state index >= 15 is 0 Å². The molecule has 0 bridgehead atoms. The Morgan fingerprint density at radius 2 is 1.81 bits per heavy atom. The minimum Gasteiger partial charge on any atom is -0.383 e. The predicted molar refractivity (Wildman–Crippen MR) is 69.1 cm³/mol. The number of hydrogen-bond donors (Lipinski definition) is 1. The van der Waals surface area contributed by atoms with Gasteiger partial charge in [-0.3, -0.25) is 4.98 Å². The van der Waals surface area contributed by atoms with E-state index in [9.17, 15) is 0 Å². The van der Waals surface area contributed by atoms with E-state index in [4.69, 9.17) is 5.73 Å². The maximum absolute atomic E-state index is 5.58. The molecule has 88 valence electrons. The smallest absolute Gasteiger partial charge is 0.134 e. The molecule has 0 saturated carbocycles. The molecule has 2 aromatic heterocycles. The van der Waals surface area contributed by atoms with Crippen LogP contribution >= 0.6 is 0 Å². The second-order valence-corrected chi connectivity index (χ2v) is 2.86. The lowest BCUT2D eigenvalue weighted by molar-refractivity contribution is 1.09. The van der Waals surface area contributed by atoms with Gasteiger partial charge in [0.1, 0.15) is 12.1 Å². The highest BCUT2D eigenvalue weighted by Gasteiger charge is 1.96. The largest absolute Gasteiger partial charge is 0.383 e. The average molecular weight is 220 g/mol. The molecule has 4 heteroatoms. The van der Waals surface area contributed by atoms with Gasteiger partial charge in [0.2, 0.25) is 0 Å². The summed E-state index contributed by atoms with van der Waals surface area (Å²) in [5, 5.41) is 0.850. The van der Waals surface area contributed by atoms with Crippen LogP contribution in [0.4, 0.5) is 5.82 Å². The summed E-state index contributed by atoms with van der Waals surface area (Å²) >= 11 is 0. The van der Waals surface area contributed by atoms with Gasteiger partial charge in [-0.1, -0.05) is 34.1 Å². The first-order chi connectivity index (χ1) is 7.79. The number of anilines is 1. The van der Waals surface area contributed by atoms with Crippen molar-refractivity contribution < 1.29 is 0 Å². The SMILES string of the molecule is CC.CCC.Nc1ncnc2cnccc12. The van der Waals surface area contributed by atoms with Gasteiger partial charge in [0, 0.05) is 11.6 Å². The topological polar surface area (TPSA) is 64.7 Å². The zero-order chi connectivity index (χ0) is 12.4. The zero-order valence-electron chi connectivity index (χ0n) is 10.4. The summed E-state index contributed by atoms with van der Waals surface area (Å²) in [5.41, 5.74) is 6.36. The second-order valence-electron chi connectivity index (χ2n) is 2.86. The van der Waals surface area contributed by atoms with Crippen molar-refractivity contribution in [1.82, 2.24) is 15.0 Å². The van der Waals surface area contributed by atoms with Gasteiger partial charge in [-0.25, -0.2) is 9.97 Å². The van der Waals surface area contributed by atoms with Crippen molar-refractivity contribution in [3.8, 4) is 0 Å². The molecule has 4 nitrogen and oxygen atoms in total. The Morgan fingerprint density at radius 3 is 2.38 bits per heavy atom. The van der Waals surface area contributed by atoms with Crippen LogP contribution in [0.25, 0.3) is 10.9 Å². The third-order valence-electron chi connectivity index (χ3n) is 1.47. The fourth-order valence-electron chi connectivity index (χ4n) is 0.928. The first-order valence-corrected chi connectivity index (χ1v) is 5.59. The molecule has 2 rings (SSSR count). The van der Waals surface area contributed by atoms with Crippen LogP contribution in [-0.2, 0) is 0 Å². The van der Waals surface area contributed by atoms with Crippen LogP contribution < -0.4 is 5.73 Å². The highest BCUT2D eigenvalue weighted by Crippen LogP contribution is 2.12. The van der Waals surface area contributed by atoms with Crippen molar-refractivity contribution >= 4 is 16.7 Å². The van der Waals surface area contributed by atoms with E-state index in [0.29, 0.717) is 5.82 Å². The number of pyridine rings is 1. The Morgan fingerprint density at radius 1 is 1.19 bits per heavy atom. The minimum atomic E-state index is 0.498. The van der Waals surface area contributed by atoms with Crippen LogP contribution in [0.1, 0.15) is 34.1 Å². The van der Waals surface area contributed by atoms with Crippen molar-refractivity contribution in [2.24, 2.45) is 0 Å². The molecule has 0 fully saturated rings. The van der Waals surface area contributed by atoms with Gasteiger partial charge in [0.15, 0.2) is 0 Å². The number of nitrogens with zero attached hydrogens (tertiary/aromatic N) is 3. The summed E-state index contributed by atoms with van der Waals surface area (Å²) in [6, 6.07) is 1.80. The third-order valence-corrected chi connectivity index (χ3v) is 1.47. The van der Waals surface area contributed by atoms with E-state index in [1.165, 1.54) is 12.7 Å². The zero-order valence-corrected chi connectivity index (χ0v) is 10.4. The van der Waals surface area contributed by atoms with Crippen molar-refractivity contribution in [2.45, 2.75) is 34.1 Å². The maximum Gasteiger partial charge on any atom is 0.134 e. The van der Waals surface area contributed by atoms with E-state index in [-0.39, 0.29) is 0 Å². The molecule has 16 heavy (non-hydrogen) atoms. The van der Waals surface area contributed by atoms with E-state index in [2.05, 4.69) is 28.8 Å². The van der Waals surface area contributed by atoms with Gasteiger partial charge in [-0.2, -0.15) is 0 Å². The maximum atomic E-state index is 5.58. The van der Waals surface area contributed by atoms with Gasteiger partial charge in [0.25, 0.3) is 0 Å². The highest BCUT2D eigenvalue weighted by atomic mass is 14.9. The molecule has 0 atom stereocenters. The molecule has 0 unspecified atom stereocenters. The first kappa shape index (κ1) is 14.3. The fourth-order valence-corrected chi connectivity index (χ4v) is 0.928. The van der Waals surface area contributed by atoms with Crippen LogP contribution in [0.3, 0.4) is 0 Å². The summed E-state index contributed by atoms with van der Waals surface area (Å²) < 4.78 is 0. The number of hydrogen-bond acceptors (Lipinski definition) is 4. The fraction of sp³-hybridized carbons (Fsp3) is 0.417. The number of nitrogens with two attached hydrogens (primary N) is 1. The molecule has 0 aliphatic heterocycles. The lowest BCUT2D eigenvalue weighted by Gasteiger charge is -1.96. The van der Waals surface area contributed by atoms with Crippen LogP contribution in [0.5, 0.6) is 0 Å². The molecule has 2 aromatic rings. The minimum absolute atomic E-state index is 0.498. The van der Waals surface area contributed by atoms with E-state index in [1.807, 2.05) is 13.8 Å². The number of nitrogen functional groups attached to an aromatic ring is 1. The van der Waals surface area contributed by atoms with Gasteiger partial charge in [0.05, 0.1) is 11.7 Å². The Labute approximate surface area is 96.9 Å². The van der Waals surface area contributed by atoms with Crippen molar-refractivity contribution in [3.63, 3.8) is 0 Å². The Hall–Kier alpha value is -1.71. The lowest BCUT2D eigenvalue weighted by Crippen LogP contribution is -1.92. The second kappa shape index (κ2) is 8.59. The molecule has 2 heterocycles. The van der Waals surface area contributed by atoms with Gasteiger partial charge >= 0.3 is 0 Å². The summed E-state index contributed by atoms with van der Waals surface area (Å²) in [4.78, 5) is 11.7. The van der Waals surface area contributed by atoms with E-state index in [0.717, 1.165) is 10.9 Å².